The Bertz CT molecular complexity index is 695. The first-order chi connectivity index (χ1) is 9.90. The van der Waals surface area contributed by atoms with E-state index in [4.69, 9.17) is 23.2 Å². The van der Waals surface area contributed by atoms with Crippen molar-refractivity contribution >= 4 is 50.5 Å². The van der Waals surface area contributed by atoms with Crippen LogP contribution in [0.1, 0.15) is 18.5 Å². The van der Waals surface area contributed by atoms with Crippen LogP contribution in [0.2, 0.25) is 10.0 Å². The fourth-order valence-electron chi connectivity index (χ4n) is 1.90. The van der Waals surface area contributed by atoms with Gasteiger partial charge >= 0.3 is 0 Å². The zero-order valence-electron chi connectivity index (χ0n) is 10.9. The predicted molar refractivity (Wildman–Crippen MR) is 89.3 cm³/mol. The molecule has 0 heterocycles. The van der Waals surface area contributed by atoms with Gasteiger partial charge < -0.3 is 5.32 Å². The van der Waals surface area contributed by atoms with Gasteiger partial charge in [0.05, 0.1) is 26.7 Å². The first-order valence-corrected chi connectivity index (χ1v) is 7.59. The van der Waals surface area contributed by atoms with Gasteiger partial charge in [-0.1, -0.05) is 35.3 Å². The van der Waals surface area contributed by atoms with E-state index >= 15 is 0 Å². The zero-order valence-corrected chi connectivity index (χ0v) is 14.0. The predicted octanol–water partition coefficient (Wildman–Crippen LogP) is 5.84. The van der Waals surface area contributed by atoms with Crippen LogP contribution < -0.4 is 5.32 Å². The first kappa shape index (κ1) is 16.1. The maximum absolute atomic E-state index is 10.8. The molecule has 0 saturated carbocycles. The molecule has 2 aromatic rings. The maximum atomic E-state index is 10.8. The van der Waals surface area contributed by atoms with E-state index in [1.807, 2.05) is 19.1 Å². The van der Waals surface area contributed by atoms with Gasteiger partial charge in [-0.15, -0.1) is 0 Å². The van der Waals surface area contributed by atoms with Gasteiger partial charge in [0.2, 0.25) is 0 Å². The number of hydrogen-bond acceptors (Lipinski definition) is 3. The number of anilines is 1. The third kappa shape index (κ3) is 3.67. The zero-order chi connectivity index (χ0) is 15.6. The molecule has 7 heteroatoms. The number of nitro benzene ring substituents is 1. The van der Waals surface area contributed by atoms with Crippen molar-refractivity contribution in [3.05, 3.63) is 66.6 Å². The molecule has 0 amide bonds. The van der Waals surface area contributed by atoms with Gasteiger partial charge in [-0.25, -0.2) is 0 Å². The van der Waals surface area contributed by atoms with Gasteiger partial charge in [-0.05, 0) is 40.5 Å². The van der Waals surface area contributed by atoms with Crippen LogP contribution in [0.5, 0.6) is 0 Å². The fraction of sp³-hybridized carbons (Fsp3) is 0.143. The van der Waals surface area contributed by atoms with Crippen molar-refractivity contribution in [2.45, 2.75) is 13.0 Å². The third-order valence-corrected chi connectivity index (χ3v) is 4.51. The Labute approximate surface area is 140 Å². The SMILES string of the molecule is CC(Nc1cc([N+](=O)[O-])ccc1Br)c1cccc(Cl)c1Cl. The second kappa shape index (κ2) is 6.64. The second-order valence-corrected chi connectivity index (χ2v) is 6.07. The van der Waals surface area contributed by atoms with E-state index < -0.39 is 4.92 Å². The molecule has 110 valence electrons. The maximum Gasteiger partial charge on any atom is 0.271 e. The molecule has 1 atom stereocenters. The molecule has 0 aromatic heterocycles. The van der Waals surface area contributed by atoms with Gasteiger partial charge in [0.25, 0.3) is 5.69 Å². The number of rotatable bonds is 4. The number of benzene rings is 2. The summed E-state index contributed by atoms with van der Waals surface area (Å²) in [7, 11) is 0. The lowest BCUT2D eigenvalue weighted by atomic mass is 10.1. The molecule has 2 aromatic carbocycles. The number of nitrogens with zero attached hydrogens (tertiary/aromatic N) is 1. The molecule has 2 rings (SSSR count). The molecule has 1 N–H and O–H groups in total. The van der Waals surface area contributed by atoms with Crippen LogP contribution in [-0.2, 0) is 0 Å². The summed E-state index contributed by atoms with van der Waals surface area (Å²) in [6.07, 6.45) is 0. The smallest absolute Gasteiger partial charge is 0.271 e. The summed E-state index contributed by atoms with van der Waals surface area (Å²) in [4.78, 5) is 10.4. The lowest BCUT2D eigenvalue weighted by Crippen LogP contribution is -2.08. The highest BCUT2D eigenvalue weighted by Crippen LogP contribution is 2.34. The largest absolute Gasteiger partial charge is 0.377 e. The number of hydrogen-bond donors (Lipinski definition) is 1. The molecule has 21 heavy (non-hydrogen) atoms. The lowest BCUT2D eigenvalue weighted by molar-refractivity contribution is -0.384. The van der Waals surface area contributed by atoms with Crippen LogP contribution in [0.4, 0.5) is 11.4 Å². The van der Waals surface area contributed by atoms with Crippen LogP contribution in [0.15, 0.2) is 40.9 Å². The average Bonchev–Trinajstić information content (AvgIpc) is 2.43. The van der Waals surface area contributed by atoms with Crippen molar-refractivity contribution in [3.63, 3.8) is 0 Å². The van der Waals surface area contributed by atoms with Gasteiger partial charge in [-0.2, -0.15) is 0 Å². The first-order valence-electron chi connectivity index (χ1n) is 6.04. The Hall–Kier alpha value is -1.30. The highest BCUT2D eigenvalue weighted by atomic mass is 79.9. The van der Waals surface area contributed by atoms with Crippen molar-refractivity contribution in [2.75, 3.05) is 5.32 Å². The van der Waals surface area contributed by atoms with Crippen molar-refractivity contribution in [3.8, 4) is 0 Å². The second-order valence-electron chi connectivity index (χ2n) is 4.43. The standard InChI is InChI=1S/C14H11BrCl2N2O2/c1-8(10-3-2-4-12(16)14(10)17)18-13-7-9(19(20)21)5-6-11(13)15/h2-8,18H,1H3. The monoisotopic (exact) mass is 388 g/mol. The Morgan fingerprint density at radius 3 is 2.67 bits per heavy atom. The molecule has 4 nitrogen and oxygen atoms in total. The molecular weight excluding hydrogens is 379 g/mol. The molecule has 0 fully saturated rings. The number of nitrogens with one attached hydrogen (secondary N) is 1. The van der Waals surface area contributed by atoms with Crippen molar-refractivity contribution < 1.29 is 4.92 Å². The summed E-state index contributed by atoms with van der Waals surface area (Å²) in [5.74, 6) is 0. The molecule has 0 spiro atoms. The van der Waals surface area contributed by atoms with E-state index in [0.29, 0.717) is 15.7 Å². The van der Waals surface area contributed by atoms with Crippen LogP contribution >= 0.6 is 39.1 Å². The van der Waals surface area contributed by atoms with Crippen molar-refractivity contribution in [2.24, 2.45) is 0 Å². The Morgan fingerprint density at radius 1 is 1.29 bits per heavy atom. The minimum absolute atomic E-state index is 0.0186. The molecule has 0 radical (unpaired) electrons. The van der Waals surface area contributed by atoms with Gasteiger partial charge in [0.1, 0.15) is 0 Å². The van der Waals surface area contributed by atoms with E-state index in [1.54, 1.807) is 12.1 Å². The number of halogens is 3. The summed E-state index contributed by atoms with van der Waals surface area (Å²) in [6.45, 7) is 1.91. The summed E-state index contributed by atoms with van der Waals surface area (Å²) in [5, 5.41) is 15.0. The normalized spacial score (nSPS) is 12.0. The molecular formula is C14H11BrCl2N2O2. The minimum atomic E-state index is -0.436. The minimum Gasteiger partial charge on any atom is -0.377 e. The van der Waals surface area contributed by atoms with Crippen molar-refractivity contribution in [1.82, 2.24) is 0 Å². The molecule has 0 bridgehead atoms. The quantitative estimate of drug-likeness (QED) is 0.528. The summed E-state index contributed by atoms with van der Waals surface area (Å²) in [5.41, 5.74) is 1.46. The molecule has 1 unspecified atom stereocenters. The van der Waals surface area contributed by atoms with E-state index in [2.05, 4.69) is 21.2 Å². The summed E-state index contributed by atoms with van der Waals surface area (Å²) >= 11 is 15.6. The van der Waals surface area contributed by atoms with Gasteiger partial charge in [-0.3, -0.25) is 10.1 Å². The van der Waals surface area contributed by atoms with E-state index in [0.717, 1.165) is 10.0 Å². The molecule has 0 aliphatic carbocycles. The van der Waals surface area contributed by atoms with Gasteiger partial charge in [0.15, 0.2) is 0 Å². The number of non-ortho nitro benzene ring substituents is 1. The topological polar surface area (TPSA) is 55.2 Å². The van der Waals surface area contributed by atoms with Gasteiger partial charge in [0, 0.05) is 16.6 Å². The average molecular weight is 390 g/mol. The fourth-order valence-corrected chi connectivity index (χ4v) is 2.74. The highest BCUT2D eigenvalue weighted by molar-refractivity contribution is 9.10. The summed E-state index contributed by atoms with van der Waals surface area (Å²) < 4.78 is 0.734. The van der Waals surface area contributed by atoms with Crippen LogP contribution in [0.3, 0.4) is 0 Å². The van der Waals surface area contributed by atoms with Crippen LogP contribution in [0.25, 0.3) is 0 Å². The Morgan fingerprint density at radius 2 is 2.00 bits per heavy atom. The Kier molecular flexibility index (Phi) is 5.08. The molecule has 0 aliphatic rings. The lowest BCUT2D eigenvalue weighted by Gasteiger charge is -2.18. The molecule has 0 aliphatic heterocycles. The van der Waals surface area contributed by atoms with Crippen LogP contribution in [-0.4, -0.2) is 4.92 Å². The van der Waals surface area contributed by atoms with E-state index in [9.17, 15) is 10.1 Å². The highest BCUT2D eigenvalue weighted by Gasteiger charge is 2.15. The Balaban J connectivity index is 2.31. The summed E-state index contributed by atoms with van der Waals surface area (Å²) in [6, 6.07) is 9.76. The van der Waals surface area contributed by atoms with Crippen molar-refractivity contribution in [1.29, 1.82) is 0 Å². The molecule has 0 saturated heterocycles. The van der Waals surface area contributed by atoms with E-state index in [-0.39, 0.29) is 11.7 Å². The van der Waals surface area contributed by atoms with E-state index in [1.165, 1.54) is 12.1 Å². The van der Waals surface area contributed by atoms with Crippen LogP contribution in [0, 0.1) is 10.1 Å². The third-order valence-electron chi connectivity index (χ3n) is 2.98. The number of nitro groups is 1.